The summed E-state index contributed by atoms with van der Waals surface area (Å²) in [6.45, 7) is 3.66. The first-order valence-corrected chi connectivity index (χ1v) is 13.5. The van der Waals surface area contributed by atoms with E-state index >= 15 is 0 Å². The van der Waals surface area contributed by atoms with Gasteiger partial charge >= 0.3 is 0 Å². The normalized spacial score (nSPS) is 15.0. The van der Waals surface area contributed by atoms with Gasteiger partial charge in [-0.2, -0.15) is 10.2 Å². The minimum absolute atomic E-state index is 0.118. The number of rotatable bonds is 7. The van der Waals surface area contributed by atoms with Gasteiger partial charge in [0.05, 0.1) is 16.3 Å². The van der Waals surface area contributed by atoms with Crippen LogP contribution in [-0.4, -0.2) is 41.3 Å². The molecular weight excluding hydrogens is 508 g/mol. The summed E-state index contributed by atoms with van der Waals surface area (Å²) < 4.78 is 11.8. The van der Waals surface area contributed by atoms with Crippen LogP contribution in [0.5, 0.6) is 11.5 Å². The van der Waals surface area contributed by atoms with E-state index in [0.29, 0.717) is 44.2 Å². The van der Waals surface area contributed by atoms with Gasteiger partial charge in [-0.1, -0.05) is 41.5 Å². The van der Waals surface area contributed by atoms with E-state index in [0.717, 1.165) is 23.4 Å². The number of ether oxygens (including phenoxy) is 2. The highest BCUT2D eigenvalue weighted by atomic mass is 35.5. The first-order valence-electron chi connectivity index (χ1n) is 12.3. The van der Waals surface area contributed by atoms with Crippen molar-refractivity contribution in [2.75, 3.05) is 37.1 Å². The first kappa shape index (κ1) is 23.8. The van der Waals surface area contributed by atoms with E-state index < -0.39 is 0 Å². The van der Waals surface area contributed by atoms with Crippen LogP contribution in [0.15, 0.2) is 42.6 Å². The Balaban J connectivity index is 1.22. The Bertz CT molecular complexity index is 1480. The smallest absolute Gasteiger partial charge is 0.231 e. The molecular formula is C27H25ClN6O2S. The molecule has 0 aliphatic carbocycles. The summed E-state index contributed by atoms with van der Waals surface area (Å²) in [6.07, 6.45) is 6.56. The van der Waals surface area contributed by atoms with Crippen molar-refractivity contribution in [1.82, 2.24) is 14.9 Å². The van der Waals surface area contributed by atoms with Crippen molar-refractivity contribution in [2.24, 2.45) is 0 Å². The lowest BCUT2D eigenvalue weighted by Gasteiger charge is -2.26. The third-order valence-electron chi connectivity index (χ3n) is 6.65. The molecule has 4 aromatic rings. The molecule has 188 valence electrons. The number of nitrogens with one attached hydrogen (secondary N) is 2. The SMILES string of the molecule is N#Cc1cnc2nc(Nc3ccc(CCN4CCCCC4)cc3)sc2c1Nc1c(Cl)ccc2c1OCO2. The summed E-state index contributed by atoms with van der Waals surface area (Å²) in [6, 6.07) is 14.2. The van der Waals surface area contributed by atoms with Crippen molar-refractivity contribution in [2.45, 2.75) is 25.7 Å². The van der Waals surface area contributed by atoms with E-state index in [9.17, 15) is 5.26 Å². The highest BCUT2D eigenvalue weighted by molar-refractivity contribution is 7.22. The second-order valence-electron chi connectivity index (χ2n) is 9.09. The molecule has 37 heavy (non-hydrogen) atoms. The minimum atomic E-state index is 0.118. The monoisotopic (exact) mass is 532 g/mol. The summed E-state index contributed by atoms with van der Waals surface area (Å²) in [5.41, 5.74) is 4.32. The molecule has 0 atom stereocenters. The maximum Gasteiger partial charge on any atom is 0.231 e. The van der Waals surface area contributed by atoms with Crippen LogP contribution in [0.4, 0.5) is 22.2 Å². The van der Waals surface area contributed by atoms with Crippen molar-refractivity contribution in [1.29, 1.82) is 5.26 Å². The van der Waals surface area contributed by atoms with Crippen LogP contribution in [0.2, 0.25) is 5.02 Å². The Labute approximate surface area is 223 Å². The summed E-state index contributed by atoms with van der Waals surface area (Å²) in [5, 5.41) is 17.6. The fourth-order valence-electron chi connectivity index (χ4n) is 4.68. The van der Waals surface area contributed by atoms with Crippen LogP contribution >= 0.6 is 22.9 Å². The van der Waals surface area contributed by atoms with Gasteiger partial charge in [-0.15, -0.1) is 0 Å². The number of likely N-dealkylation sites (tertiary alicyclic amines) is 1. The van der Waals surface area contributed by atoms with E-state index in [4.69, 9.17) is 21.1 Å². The van der Waals surface area contributed by atoms with E-state index in [-0.39, 0.29) is 6.79 Å². The molecule has 6 rings (SSSR count). The number of hydrogen-bond acceptors (Lipinski definition) is 9. The van der Waals surface area contributed by atoms with Crippen LogP contribution in [0.3, 0.4) is 0 Å². The molecule has 2 aliphatic heterocycles. The molecule has 1 fully saturated rings. The molecule has 2 aromatic heterocycles. The number of thiazole rings is 1. The zero-order valence-corrected chi connectivity index (χ0v) is 21.7. The molecule has 0 amide bonds. The summed E-state index contributed by atoms with van der Waals surface area (Å²) in [5.74, 6) is 1.12. The van der Waals surface area contributed by atoms with Gasteiger partial charge in [0.15, 0.2) is 22.3 Å². The van der Waals surface area contributed by atoms with Crippen LogP contribution < -0.4 is 20.1 Å². The lowest BCUT2D eigenvalue weighted by Crippen LogP contribution is -2.31. The van der Waals surface area contributed by atoms with Gasteiger partial charge in [0, 0.05) is 18.4 Å². The molecule has 10 heteroatoms. The van der Waals surface area contributed by atoms with Gasteiger partial charge < -0.3 is 25.0 Å². The number of nitriles is 1. The van der Waals surface area contributed by atoms with Crippen molar-refractivity contribution in [3.63, 3.8) is 0 Å². The van der Waals surface area contributed by atoms with Crippen LogP contribution in [0.1, 0.15) is 30.4 Å². The zero-order chi connectivity index (χ0) is 25.2. The largest absolute Gasteiger partial charge is 0.454 e. The van der Waals surface area contributed by atoms with E-state index in [1.165, 1.54) is 55.4 Å². The van der Waals surface area contributed by atoms with Gasteiger partial charge in [-0.05, 0) is 62.2 Å². The lowest BCUT2D eigenvalue weighted by molar-refractivity contribution is 0.174. The standard InChI is InChI=1S/C27H25ClN6O2S/c28-20-8-9-21-24(36-16-35-21)23(20)32-22-18(14-29)15-30-26-25(22)37-27(33-26)31-19-6-4-17(5-7-19)10-13-34-11-2-1-3-12-34/h4-9,15H,1-3,10-13,16H2,(H2,30,31,32,33). The fraction of sp³-hybridized carbons (Fsp3) is 0.296. The topological polar surface area (TPSA) is 95.3 Å². The Hall–Kier alpha value is -3.58. The minimum Gasteiger partial charge on any atom is -0.454 e. The molecule has 0 bridgehead atoms. The third-order valence-corrected chi connectivity index (χ3v) is 7.94. The molecule has 1 saturated heterocycles. The molecule has 0 spiro atoms. The average molecular weight is 533 g/mol. The highest BCUT2D eigenvalue weighted by Gasteiger charge is 2.23. The fourth-order valence-corrected chi connectivity index (χ4v) is 5.82. The molecule has 0 unspecified atom stereocenters. The Morgan fingerprint density at radius 3 is 2.68 bits per heavy atom. The number of nitrogens with zero attached hydrogens (tertiary/aromatic N) is 4. The van der Waals surface area contributed by atoms with E-state index in [2.05, 4.69) is 55.8 Å². The Morgan fingerprint density at radius 1 is 1.03 bits per heavy atom. The van der Waals surface area contributed by atoms with E-state index in [1.807, 2.05) is 0 Å². The predicted octanol–water partition coefficient (Wildman–Crippen LogP) is 6.46. The third kappa shape index (κ3) is 5.01. The highest BCUT2D eigenvalue weighted by Crippen LogP contribution is 2.46. The van der Waals surface area contributed by atoms with Crippen molar-refractivity contribution < 1.29 is 9.47 Å². The molecule has 4 heterocycles. The quantitative estimate of drug-likeness (QED) is 0.280. The number of hydrogen-bond donors (Lipinski definition) is 2. The summed E-state index contributed by atoms with van der Waals surface area (Å²) in [4.78, 5) is 11.6. The molecule has 2 N–H and O–H groups in total. The lowest BCUT2D eigenvalue weighted by atomic mass is 10.1. The summed E-state index contributed by atoms with van der Waals surface area (Å²) >= 11 is 7.89. The number of aromatic nitrogens is 2. The number of anilines is 4. The number of fused-ring (bicyclic) bond motifs is 2. The maximum atomic E-state index is 9.76. The second kappa shape index (κ2) is 10.4. The number of halogens is 1. The van der Waals surface area contributed by atoms with Crippen LogP contribution in [0.25, 0.3) is 10.3 Å². The first-order chi connectivity index (χ1) is 18.2. The van der Waals surface area contributed by atoms with Gasteiger partial charge in [0.2, 0.25) is 6.79 Å². The predicted molar refractivity (Wildman–Crippen MR) is 147 cm³/mol. The number of pyridine rings is 1. The summed E-state index contributed by atoms with van der Waals surface area (Å²) in [7, 11) is 0. The maximum absolute atomic E-state index is 9.76. The van der Waals surface area contributed by atoms with Crippen LogP contribution in [0, 0.1) is 11.3 Å². The molecule has 0 radical (unpaired) electrons. The second-order valence-corrected chi connectivity index (χ2v) is 10.5. The van der Waals surface area contributed by atoms with Gasteiger partial charge in [0.25, 0.3) is 0 Å². The van der Waals surface area contributed by atoms with Gasteiger partial charge in [-0.3, -0.25) is 0 Å². The van der Waals surface area contributed by atoms with Gasteiger partial charge in [0.1, 0.15) is 16.5 Å². The van der Waals surface area contributed by atoms with Gasteiger partial charge in [-0.25, -0.2) is 4.98 Å². The molecule has 8 nitrogen and oxygen atoms in total. The molecule has 2 aromatic carbocycles. The molecule has 2 aliphatic rings. The van der Waals surface area contributed by atoms with Crippen molar-refractivity contribution >= 4 is 55.5 Å². The molecule has 0 saturated carbocycles. The average Bonchev–Trinajstić information content (AvgIpc) is 3.57. The number of piperidine rings is 1. The zero-order valence-electron chi connectivity index (χ0n) is 20.1. The number of benzene rings is 2. The Kier molecular flexibility index (Phi) is 6.70. The van der Waals surface area contributed by atoms with E-state index in [1.54, 1.807) is 12.1 Å². The van der Waals surface area contributed by atoms with Crippen molar-refractivity contribution in [3.05, 3.63) is 58.7 Å². The Morgan fingerprint density at radius 2 is 1.86 bits per heavy atom. The van der Waals surface area contributed by atoms with Crippen molar-refractivity contribution in [3.8, 4) is 17.6 Å². The van der Waals surface area contributed by atoms with Crippen LogP contribution in [-0.2, 0) is 6.42 Å².